The molecule has 0 bridgehead atoms. The smallest absolute Gasteiger partial charge is 0.244 e. The molecule has 2 aromatic rings. The average molecular weight is 373 g/mol. The van der Waals surface area contributed by atoms with Gasteiger partial charge in [0, 0.05) is 23.7 Å². The Morgan fingerprint density at radius 3 is 2.42 bits per heavy atom. The maximum absolute atomic E-state index is 13.3. The van der Waals surface area contributed by atoms with E-state index < -0.39 is 30.0 Å². The lowest BCUT2D eigenvalue weighted by atomic mass is 10.2. The van der Waals surface area contributed by atoms with Crippen LogP contribution in [-0.2, 0) is 9.59 Å². The largest absolute Gasteiger partial charge is 0.323 e. The minimum atomic E-state index is -1.11. The molecule has 0 unspecified atom stereocenters. The van der Waals surface area contributed by atoms with Crippen LogP contribution in [0.15, 0.2) is 36.4 Å². The highest BCUT2D eigenvalue weighted by molar-refractivity contribution is 6.35. The minimum Gasteiger partial charge on any atom is -0.323 e. The highest BCUT2D eigenvalue weighted by Gasteiger charge is 2.18. The van der Waals surface area contributed by atoms with E-state index in [0.717, 1.165) is 17.0 Å². The molecule has 2 rings (SSSR count). The Morgan fingerprint density at radius 1 is 1.08 bits per heavy atom. The van der Waals surface area contributed by atoms with Gasteiger partial charge in [0.25, 0.3) is 0 Å². The van der Waals surface area contributed by atoms with Crippen LogP contribution in [-0.4, -0.2) is 18.4 Å². The molecular formula is C16H12Cl2F2N2O2. The summed E-state index contributed by atoms with van der Waals surface area (Å²) in [7, 11) is 0. The molecule has 0 heterocycles. The summed E-state index contributed by atoms with van der Waals surface area (Å²) in [5.74, 6) is -3.23. The molecule has 0 fully saturated rings. The van der Waals surface area contributed by atoms with E-state index in [1.54, 1.807) is 6.07 Å². The minimum absolute atomic E-state index is 0.0636. The van der Waals surface area contributed by atoms with Gasteiger partial charge in [-0.3, -0.25) is 9.59 Å². The van der Waals surface area contributed by atoms with Gasteiger partial charge < -0.3 is 10.2 Å². The third kappa shape index (κ3) is 4.43. The maximum atomic E-state index is 13.3. The standard InChI is InChI=1S/C16H12Cl2F2N2O2/c1-9(23)22(11-3-5-13(19)14(20)7-11)8-16(24)21-15-6-10(17)2-4-12(15)18/h2-7H,8H2,1H3,(H,21,24). The van der Waals surface area contributed by atoms with Gasteiger partial charge in [-0.25, -0.2) is 8.78 Å². The molecular weight excluding hydrogens is 361 g/mol. The fourth-order valence-corrected chi connectivity index (χ4v) is 2.30. The van der Waals surface area contributed by atoms with Crippen LogP contribution in [0.2, 0.25) is 10.0 Å². The van der Waals surface area contributed by atoms with Crippen LogP contribution in [0.3, 0.4) is 0 Å². The number of amides is 2. The van der Waals surface area contributed by atoms with Crippen molar-refractivity contribution in [1.82, 2.24) is 0 Å². The lowest BCUT2D eigenvalue weighted by Gasteiger charge is -2.21. The molecule has 0 atom stereocenters. The summed E-state index contributed by atoms with van der Waals surface area (Å²) in [5, 5.41) is 3.16. The Bertz CT molecular complexity index is 800. The molecule has 0 saturated carbocycles. The first-order chi connectivity index (χ1) is 11.3. The number of hydrogen-bond acceptors (Lipinski definition) is 2. The van der Waals surface area contributed by atoms with Gasteiger partial charge in [0.1, 0.15) is 6.54 Å². The SMILES string of the molecule is CC(=O)N(CC(=O)Nc1cc(Cl)ccc1Cl)c1ccc(F)c(F)c1. The molecule has 24 heavy (non-hydrogen) atoms. The summed E-state index contributed by atoms with van der Waals surface area (Å²) in [6.45, 7) is 0.810. The number of carbonyl (C=O) groups is 2. The topological polar surface area (TPSA) is 49.4 Å². The molecule has 0 aliphatic heterocycles. The van der Waals surface area contributed by atoms with Gasteiger partial charge >= 0.3 is 0 Å². The van der Waals surface area contributed by atoms with E-state index in [1.165, 1.54) is 25.1 Å². The summed E-state index contributed by atoms with van der Waals surface area (Å²) in [6, 6.07) is 7.46. The zero-order valence-corrected chi connectivity index (χ0v) is 14.0. The van der Waals surface area contributed by atoms with E-state index in [-0.39, 0.29) is 16.4 Å². The van der Waals surface area contributed by atoms with Crippen LogP contribution in [0.1, 0.15) is 6.92 Å². The van der Waals surface area contributed by atoms with Gasteiger partial charge in [-0.05, 0) is 30.3 Å². The molecule has 8 heteroatoms. The lowest BCUT2D eigenvalue weighted by molar-refractivity contribution is -0.120. The first-order valence-electron chi connectivity index (χ1n) is 6.76. The third-order valence-electron chi connectivity index (χ3n) is 3.10. The fourth-order valence-electron chi connectivity index (χ4n) is 1.96. The third-order valence-corrected chi connectivity index (χ3v) is 3.66. The molecule has 0 aromatic heterocycles. The first kappa shape index (κ1) is 18.2. The van der Waals surface area contributed by atoms with Gasteiger partial charge in [0.15, 0.2) is 11.6 Å². The number of carbonyl (C=O) groups excluding carboxylic acids is 2. The highest BCUT2D eigenvalue weighted by Crippen LogP contribution is 2.25. The van der Waals surface area contributed by atoms with Crippen molar-refractivity contribution in [2.24, 2.45) is 0 Å². The average Bonchev–Trinajstić information content (AvgIpc) is 2.51. The quantitative estimate of drug-likeness (QED) is 0.871. The van der Waals surface area contributed by atoms with Crippen LogP contribution in [0.4, 0.5) is 20.2 Å². The molecule has 2 amide bonds. The van der Waals surface area contributed by atoms with E-state index in [1.807, 2.05) is 0 Å². The van der Waals surface area contributed by atoms with Gasteiger partial charge in [-0.1, -0.05) is 23.2 Å². The van der Waals surface area contributed by atoms with Crippen molar-refractivity contribution < 1.29 is 18.4 Å². The Labute approximate surface area is 147 Å². The number of rotatable bonds is 4. The van der Waals surface area contributed by atoms with Crippen LogP contribution in [0.5, 0.6) is 0 Å². The number of halogens is 4. The first-order valence-corrected chi connectivity index (χ1v) is 7.51. The second kappa shape index (κ2) is 7.59. The van der Waals surface area contributed by atoms with Crippen molar-refractivity contribution in [3.8, 4) is 0 Å². The highest BCUT2D eigenvalue weighted by atomic mass is 35.5. The normalized spacial score (nSPS) is 10.4. The van der Waals surface area contributed by atoms with E-state index in [4.69, 9.17) is 23.2 Å². The molecule has 4 nitrogen and oxygen atoms in total. The van der Waals surface area contributed by atoms with Crippen LogP contribution in [0, 0.1) is 11.6 Å². The Balaban J connectivity index is 2.18. The summed E-state index contributed by atoms with van der Waals surface area (Å²) >= 11 is 11.8. The molecule has 126 valence electrons. The summed E-state index contributed by atoms with van der Waals surface area (Å²) in [4.78, 5) is 24.9. The van der Waals surface area contributed by atoms with Gasteiger partial charge in [0.05, 0.1) is 10.7 Å². The van der Waals surface area contributed by atoms with Crippen molar-refractivity contribution in [1.29, 1.82) is 0 Å². The molecule has 1 N–H and O–H groups in total. The van der Waals surface area contributed by atoms with Crippen molar-refractivity contribution in [3.63, 3.8) is 0 Å². The second-order valence-corrected chi connectivity index (χ2v) is 5.72. The Kier molecular flexibility index (Phi) is 5.75. The monoisotopic (exact) mass is 372 g/mol. The van der Waals surface area contributed by atoms with Crippen molar-refractivity contribution >= 4 is 46.4 Å². The van der Waals surface area contributed by atoms with Gasteiger partial charge in [-0.2, -0.15) is 0 Å². The Morgan fingerprint density at radius 2 is 1.79 bits per heavy atom. The predicted octanol–water partition coefficient (Wildman–Crippen LogP) is 4.26. The fraction of sp³-hybridized carbons (Fsp3) is 0.125. The van der Waals surface area contributed by atoms with E-state index >= 15 is 0 Å². The van der Waals surface area contributed by atoms with Crippen LogP contribution in [0.25, 0.3) is 0 Å². The number of nitrogens with one attached hydrogen (secondary N) is 1. The van der Waals surface area contributed by atoms with Crippen LogP contribution >= 0.6 is 23.2 Å². The molecule has 0 spiro atoms. The van der Waals surface area contributed by atoms with Gasteiger partial charge in [-0.15, -0.1) is 0 Å². The second-order valence-electron chi connectivity index (χ2n) is 4.88. The van der Waals surface area contributed by atoms with Gasteiger partial charge in [0.2, 0.25) is 11.8 Å². The lowest BCUT2D eigenvalue weighted by Crippen LogP contribution is -2.36. The molecule has 2 aromatic carbocycles. The molecule has 0 aliphatic rings. The summed E-state index contributed by atoms with van der Waals surface area (Å²) in [6.07, 6.45) is 0. The number of benzene rings is 2. The summed E-state index contributed by atoms with van der Waals surface area (Å²) < 4.78 is 26.3. The van der Waals surface area contributed by atoms with E-state index in [9.17, 15) is 18.4 Å². The molecule has 0 radical (unpaired) electrons. The van der Waals surface area contributed by atoms with E-state index in [0.29, 0.717) is 5.02 Å². The number of hydrogen-bond donors (Lipinski definition) is 1. The van der Waals surface area contributed by atoms with Crippen molar-refractivity contribution in [3.05, 3.63) is 58.1 Å². The van der Waals surface area contributed by atoms with Crippen molar-refractivity contribution in [2.45, 2.75) is 6.92 Å². The zero-order chi connectivity index (χ0) is 17.9. The summed E-state index contributed by atoms with van der Waals surface area (Å²) in [5.41, 5.74) is 0.344. The zero-order valence-electron chi connectivity index (χ0n) is 12.4. The van der Waals surface area contributed by atoms with E-state index in [2.05, 4.69) is 5.32 Å². The maximum Gasteiger partial charge on any atom is 0.244 e. The molecule has 0 saturated heterocycles. The predicted molar refractivity (Wildman–Crippen MR) is 89.5 cm³/mol. The number of anilines is 2. The van der Waals surface area contributed by atoms with Crippen LogP contribution < -0.4 is 10.2 Å². The number of nitrogens with zero attached hydrogens (tertiary/aromatic N) is 1. The Hall–Kier alpha value is -2.18. The molecule has 0 aliphatic carbocycles. The van der Waals surface area contributed by atoms with Crippen molar-refractivity contribution in [2.75, 3.05) is 16.8 Å².